The first-order chi connectivity index (χ1) is 10.1. The third-order valence-electron chi connectivity index (χ3n) is 3.89. The van der Waals surface area contributed by atoms with Crippen LogP contribution in [0.2, 0.25) is 0 Å². The number of carboxylic acids is 1. The summed E-state index contributed by atoms with van der Waals surface area (Å²) in [6.45, 7) is 5.96. The Hall–Kier alpha value is -2.04. The highest BCUT2D eigenvalue weighted by atomic mass is 16.5. The minimum atomic E-state index is -0.980. The van der Waals surface area contributed by atoms with Gasteiger partial charge in [0.2, 0.25) is 0 Å². The number of carbonyl (C=O) groups excluding carboxylic acids is 1. The van der Waals surface area contributed by atoms with Crippen molar-refractivity contribution in [3.05, 3.63) is 35.2 Å². The molecule has 0 amide bonds. The minimum Gasteiger partial charge on any atom is -0.478 e. The molecule has 0 aromatic rings. The summed E-state index contributed by atoms with van der Waals surface area (Å²) in [5, 5.41) is 12.6. The number of esters is 1. The maximum Gasteiger partial charge on any atom is 0.336 e. The van der Waals surface area contributed by atoms with Gasteiger partial charge in [-0.3, -0.25) is 0 Å². The van der Waals surface area contributed by atoms with E-state index in [0.29, 0.717) is 29.8 Å². The van der Waals surface area contributed by atoms with Crippen LogP contribution in [0, 0.1) is 5.92 Å². The lowest BCUT2D eigenvalue weighted by atomic mass is 9.81. The van der Waals surface area contributed by atoms with Gasteiger partial charge in [0.15, 0.2) is 0 Å². The van der Waals surface area contributed by atoms with Crippen LogP contribution in [0.25, 0.3) is 0 Å². The number of unbranched alkanes of at least 4 members (excludes halogenated alkanes) is 2. The molecule has 21 heavy (non-hydrogen) atoms. The predicted octanol–water partition coefficient (Wildman–Crippen LogP) is 2.51. The summed E-state index contributed by atoms with van der Waals surface area (Å²) < 4.78 is 5.07. The lowest BCUT2D eigenvalue weighted by molar-refractivity contribution is -0.136. The van der Waals surface area contributed by atoms with Crippen molar-refractivity contribution in [1.82, 2.24) is 5.32 Å². The number of aliphatic carboxylic acids is 1. The zero-order valence-corrected chi connectivity index (χ0v) is 12.3. The van der Waals surface area contributed by atoms with Gasteiger partial charge in [0.25, 0.3) is 0 Å². The lowest BCUT2D eigenvalue weighted by Gasteiger charge is -2.27. The van der Waals surface area contributed by atoms with E-state index in [1.807, 2.05) is 0 Å². The van der Waals surface area contributed by atoms with Crippen LogP contribution in [0.4, 0.5) is 0 Å². The van der Waals surface area contributed by atoms with Gasteiger partial charge in [-0.1, -0.05) is 32.3 Å². The quantitative estimate of drug-likeness (QED) is 0.428. The maximum atomic E-state index is 11.9. The second-order valence-corrected chi connectivity index (χ2v) is 5.33. The Kier molecular flexibility index (Phi) is 4.83. The molecule has 2 N–H and O–H groups in total. The zero-order valence-electron chi connectivity index (χ0n) is 12.3. The van der Waals surface area contributed by atoms with E-state index in [1.165, 1.54) is 0 Å². The fraction of sp³-hybridized carbons (Fsp3) is 0.500. The highest BCUT2D eigenvalue weighted by Crippen LogP contribution is 2.37. The van der Waals surface area contributed by atoms with E-state index < -0.39 is 11.9 Å². The molecule has 0 aromatic carbocycles. The summed E-state index contributed by atoms with van der Waals surface area (Å²) in [5.74, 6) is -1.75. The first-order valence-electron chi connectivity index (χ1n) is 7.34. The number of carbonyl (C=O) groups is 2. The number of dihydropyridines is 1. The van der Waals surface area contributed by atoms with Crippen LogP contribution in [0.1, 0.15) is 39.0 Å². The Bertz CT molecular complexity index is 530. The molecule has 1 atom stereocenters. The molecule has 2 heterocycles. The highest BCUT2D eigenvalue weighted by molar-refractivity contribution is 5.98. The molecule has 0 radical (unpaired) electrons. The molecule has 0 saturated heterocycles. The number of hydrogen-bond acceptors (Lipinski definition) is 4. The van der Waals surface area contributed by atoms with Gasteiger partial charge in [-0.05, 0) is 6.42 Å². The number of cyclic esters (lactones) is 1. The molecule has 114 valence electrons. The smallest absolute Gasteiger partial charge is 0.336 e. The molecule has 0 fully saturated rings. The molecule has 0 spiro atoms. The summed E-state index contributed by atoms with van der Waals surface area (Å²) in [5.41, 5.74) is 2.11. The van der Waals surface area contributed by atoms with Crippen LogP contribution in [-0.4, -0.2) is 23.7 Å². The van der Waals surface area contributed by atoms with Crippen molar-refractivity contribution in [1.29, 1.82) is 0 Å². The Labute approximate surface area is 124 Å². The van der Waals surface area contributed by atoms with E-state index in [0.717, 1.165) is 19.3 Å². The summed E-state index contributed by atoms with van der Waals surface area (Å²) in [6, 6.07) is 0. The molecule has 0 aromatic heterocycles. The molecule has 5 nitrogen and oxygen atoms in total. The number of hydrogen-bond donors (Lipinski definition) is 2. The molecule has 2 rings (SSSR count). The maximum absolute atomic E-state index is 11.9. The van der Waals surface area contributed by atoms with Crippen LogP contribution in [0.15, 0.2) is 35.2 Å². The van der Waals surface area contributed by atoms with Gasteiger partial charge < -0.3 is 15.2 Å². The van der Waals surface area contributed by atoms with Gasteiger partial charge in [-0.2, -0.15) is 0 Å². The van der Waals surface area contributed by atoms with E-state index in [-0.39, 0.29) is 18.1 Å². The van der Waals surface area contributed by atoms with Crippen molar-refractivity contribution in [3.8, 4) is 0 Å². The number of ether oxygens (including phenoxy) is 1. The van der Waals surface area contributed by atoms with Gasteiger partial charge in [-0.25, -0.2) is 9.59 Å². The van der Waals surface area contributed by atoms with E-state index in [2.05, 4.69) is 18.8 Å². The van der Waals surface area contributed by atoms with Crippen molar-refractivity contribution in [3.63, 3.8) is 0 Å². The Morgan fingerprint density at radius 3 is 2.90 bits per heavy atom. The molecule has 2 aliphatic rings. The van der Waals surface area contributed by atoms with Gasteiger partial charge in [-0.15, -0.1) is 6.58 Å². The molecule has 0 saturated carbocycles. The first-order valence-corrected chi connectivity index (χ1v) is 7.34. The Balaban J connectivity index is 2.37. The first kappa shape index (κ1) is 15.4. The largest absolute Gasteiger partial charge is 0.478 e. The predicted molar refractivity (Wildman–Crippen MR) is 78.2 cm³/mol. The van der Waals surface area contributed by atoms with Gasteiger partial charge in [0.05, 0.1) is 16.8 Å². The zero-order chi connectivity index (χ0) is 15.4. The van der Waals surface area contributed by atoms with E-state index in [4.69, 9.17) is 4.74 Å². The summed E-state index contributed by atoms with van der Waals surface area (Å²) in [4.78, 5) is 23.6. The number of carboxylic acid groups (broad SMARTS) is 1. The highest BCUT2D eigenvalue weighted by Gasteiger charge is 2.40. The van der Waals surface area contributed by atoms with Crippen molar-refractivity contribution >= 4 is 11.9 Å². The second-order valence-electron chi connectivity index (χ2n) is 5.33. The summed E-state index contributed by atoms with van der Waals surface area (Å²) in [7, 11) is 0. The molecule has 1 unspecified atom stereocenters. The number of allylic oxidation sites excluding steroid dienone is 1. The fourth-order valence-corrected chi connectivity index (χ4v) is 2.95. The third-order valence-corrected chi connectivity index (χ3v) is 3.89. The fourth-order valence-electron chi connectivity index (χ4n) is 2.95. The molecule has 2 aliphatic heterocycles. The van der Waals surface area contributed by atoms with Gasteiger partial charge >= 0.3 is 11.9 Å². The lowest BCUT2D eigenvalue weighted by Crippen LogP contribution is -2.31. The summed E-state index contributed by atoms with van der Waals surface area (Å²) in [6.07, 6.45) is 5.72. The SMILES string of the molecule is C=CCC1=C(C(=O)O)C(CCCCC)C2=C(COC2=O)N1. The van der Waals surface area contributed by atoms with E-state index in [1.54, 1.807) is 6.08 Å². The molecular weight excluding hydrogens is 270 g/mol. The number of rotatable bonds is 7. The van der Waals surface area contributed by atoms with Crippen molar-refractivity contribution in [2.75, 3.05) is 6.61 Å². The monoisotopic (exact) mass is 291 g/mol. The average Bonchev–Trinajstić information content (AvgIpc) is 2.80. The normalized spacial score (nSPS) is 21.0. The molecule has 0 aliphatic carbocycles. The van der Waals surface area contributed by atoms with E-state index in [9.17, 15) is 14.7 Å². The Morgan fingerprint density at radius 2 is 2.29 bits per heavy atom. The second kappa shape index (κ2) is 6.61. The van der Waals surface area contributed by atoms with Crippen molar-refractivity contribution < 1.29 is 19.4 Å². The van der Waals surface area contributed by atoms with E-state index >= 15 is 0 Å². The topological polar surface area (TPSA) is 75.6 Å². The van der Waals surface area contributed by atoms with Crippen molar-refractivity contribution in [2.24, 2.45) is 5.92 Å². The summed E-state index contributed by atoms with van der Waals surface area (Å²) >= 11 is 0. The molecular formula is C16H21NO4. The van der Waals surface area contributed by atoms with Crippen molar-refractivity contribution in [2.45, 2.75) is 39.0 Å². The van der Waals surface area contributed by atoms with Crippen LogP contribution in [-0.2, 0) is 14.3 Å². The molecule has 5 heteroatoms. The average molecular weight is 291 g/mol. The number of nitrogens with one attached hydrogen (secondary N) is 1. The Morgan fingerprint density at radius 1 is 1.52 bits per heavy atom. The standard InChI is InChI=1S/C16H21NO4/c1-3-5-6-8-10-13(15(18)19)11(7-4-2)17-12-9-21-16(20)14(10)12/h4,10,17H,2-3,5-9H2,1H3,(H,18,19). The molecule has 0 bridgehead atoms. The van der Waals surface area contributed by atoms with Crippen LogP contribution < -0.4 is 5.32 Å². The van der Waals surface area contributed by atoms with Crippen LogP contribution in [0.3, 0.4) is 0 Å². The third kappa shape index (κ3) is 3.01. The minimum absolute atomic E-state index is 0.200. The van der Waals surface area contributed by atoms with Crippen LogP contribution in [0.5, 0.6) is 0 Å². The van der Waals surface area contributed by atoms with Crippen LogP contribution >= 0.6 is 0 Å². The van der Waals surface area contributed by atoms with Gasteiger partial charge in [0, 0.05) is 18.0 Å². The van der Waals surface area contributed by atoms with Gasteiger partial charge in [0.1, 0.15) is 6.61 Å².